The van der Waals surface area contributed by atoms with Crippen molar-refractivity contribution in [1.29, 1.82) is 0 Å². The quantitative estimate of drug-likeness (QED) is 0.584. The standard InChI is InChI=1S/C21H19ClN4O4S/c1-13-5-7-14(8-6-13)10-23-20(27)21(28)24-19-17-11-31(29,30)12-18(17)25-26(19)16-4-2-3-15(22)9-16/h2-9H,10-12H2,1H3,(H,23,27)(H,24,28). The van der Waals surface area contributed by atoms with Crippen molar-refractivity contribution in [2.75, 3.05) is 5.32 Å². The van der Waals surface area contributed by atoms with E-state index in [9.17, 15) is 18.0 Å². The molecule has 1 aliphatic rings. The van der Waals surface area contributed by atoms with Crippen molar-refractivity contribution in [1.82, 2.24) is 15.1 Å². The number of anilines is 1. The van der Waals surface area contributed by atoms with Crippen molar-refractivity contribution in [3.8, 4) is 5.69 Å². The average molecular weight is 459 g/mol. The molecule has 2 amide bonds. The fourth-order valence-corrected chi connectivity index (χ4v) is 4.98. The number of hydrogen-bond acceptors (Lipinski definition) is 5. The molecule has 0 bridgehead atoms. The average Bonchev–Trinajstić information content (AvgIpc) is 3.19. The molecule has 0 unspecified atom stereocenters. The molecule has 0 saturated carbocycles. The summed E-state index contributed by atoms with van der Waals surface area (Å²) in [7, 11) is -3.35. The van der Waals surface area contributed by atoms with Crippen molar-refractivity contribution >= 4 is 39.1 Å². The van der Waals surface area contributed by atoms with Crippen LogP contribution in [0, 0.1) is 6.92 Å². The lowest BCUT2D eigenvalue weighted by Gasteiger charge is -2.11. The summed E-state index contributed by atoms with van der Waals surface area (Å²) < 4.78 is 25.5. The van der Waals surface area contributed by atoms with Crippen LogP contribution in [0.3, 0.4) is 0 Å². The molecule has 3 aromatic rings. The van der Waals surface area contributed by atoms with Gasteiger partial charge in [-0.05, 0) is 30.7 Å². The summed E-state index contributed by atoms with van der Waals surface area (Å²) in [5.74, 6) is -2.09. The highest BCUT2D eigenvalue weighted by molar-refractivity contribution is 7.90. The van der Waals surface area contributed by atoms with E-state index >= 15 is 0 Å². The zero-order valence-electron chi connectivity index (χ0n) is 16.6. The van der Waals surface area contributed by atoms with Crippen molar-refractivity contribution in [3.63, 3.8) is 0 Å². The Bertz CT molecular complexity index is 1280. The van der Waals surface area contributed by atoms with Crippen LogP contribution in [0.15, 0.2) is 48.5 Å². The molecule has 4 rings (SSSR count). The van der Waals surface area contributed by atoms with Gasteiger partial charge in [-0.15, -0.1) is 0 Å². The van der Waals surface area contributed by atoms with Gasteiger partial charge in [-0.3, -0.25) is 9.59 Å². The van der Waals surface area contributed by atoms with Crippen LogP contribution in [0.1, 0.15) is 22.4 Å². The van der Waals surface area contributed by atoms with Gasteiger partial charge >= 0.3 is 11.8 Å². The molecule has 0 fully saturated rings. The number of hydrogen-bond donors (Lipinski definition) is 2. The van der Waals surface area contributed by atoms with Crippen LogP contribution in [0.5, 0.6) is 0 Å². The van der Waals surface area contributed by atoms with E-state index in [4.69, 9.17) is 11.6 Å². The van der Waals surface area contributed by atoms with E-state index in [2.05, 4.69) is 15.7 Å². The maximum Gasteiger partial charge on any atom is 0.314 e. The summed E-state index contributed by atoms with van der Waals surface area (Å²) in [6.45, 7) is 2.14. The number of carbonyl (C=O) groups excluding carboxylic acids is 2. The molecule has 2 heterocycles. The minimum Gasteiger partial charge on any atom is -0.344 e. The Labute approximate surface area is 184 Å². The molecule has 2 N–H and O–H groups in total. The molecule has 10 heteroatoms. The van der Waals surface area contributed by atoms with E-state index in [-0.39, 0.29) is 23.9 Å². The lowest BCUT2D eigenvalue weighted by Crippen LogP contribution is -2.35. The minimum absolute atomic E-state index is 0.147. The number of fused-ring (bicyclic) bond motifs is 1. The molecule has 0 saturated heterocycles. The van der Waals surface area contributed by atoms with Crippen LogP contribution < -0.4 is 10.6 Å². The Kier molecular flexibility index (Phi) is 5.55. The Morgan fingerprint density at radius 2 is 1.84 bits per heavy atom. The van der Waals surface area contributed by atoms with Gasteiger partial charge in [-0.2, -0.15) is 5.10 Å². The van der Waals surface area contributed by atoms with E-state index in [0.717, 1.165) is 11.1 Å². The summed E-state index contributed by atoms with van der Waals surface area (Å²) in [6, 6.07) is 14.3. The number of sulfone groups is 1. The zero-order chi connectivity index (χ0) is 22.2. The Hall–Kier alpha value is -3.17. The van der Waals surface area contributed by atoms with Gasteiger partial charge in [0.1, 0.15) is 5.82 Å². The number of aromatic nitrogens is 2. The number of benzene rings is 2. The second kappa shape index (κ2) is 8.16. The third-order valence-corrected chi connectivity index (χ3v) is 6.53. The van der Waals surface area contributed by atoms with Crippen LogP contribution in [-0.2, 0) is 37.5 Å². The lowest BCUT2D eigenvalue weighted by atomic mass is 10.1. The minimum atomic E-state index is -3.35. The van der Waals surface area contributed by atoms with Gasteiger partial charge in [0.25, 0.3) is 0 Å². The normalized spacial score (nSPS) is 14.1. The van der Waals surface area contributed by atoms with E-state index in [1.165, 1.54) is 4.68 Å². The summed E-state index contributed by atoms with van der Waals surface area (Å²) in [6.07, 6.45) is 0. The van der Waals surface area contributed by atoms with Crippen molar-refractivity contribution in [3.05, 3.63) is 75.9 Å². The number of nitrogens with zero attached hydrogens (tertiary/aromatic N) is 2. The first kappa shape index (κ1) is 21.1. The van der Waals surface area contributed by atoms with Crippen LogP contribution >= 0.6 is 11.6 Å². The highest BCUT2D eigenvalue weighted by atomic mass is 35.5. The number of halogens is 1. The molecule has 160 valence electrons. The monoisotopic (exact) mass is 458 g/mol. The van der Waals surface area contributed by atoms with Gasteiger partial charge in [0.15, 0.2) is 9.84 Å². The summed E-state index contributed by atoms with van der Waals surface area (Å²) in [5, 5.41) is 9.89. The molecule has 2 aromatic carbocycles. The van der Waals surface area contributed by atoms with Crippen LogP contribution in [-0.4, -0.2) is 30.0 Å². The number of amides is 2. The van der Waals surface area contributed by atoms with Crippen molar-refractivity contribution < 1.29 is 18.0 Å². The van der Waals surface area contributed by atoms with Gasteiger partial charge in [-0.1, -0.05) is 47.5 Å². The molecule has 8 nitrogen and oxygen atoms in total. The van der Waals surface area contributed by atoms with E-state index in [0.29, 0.717) is 22.0 Å². The molecular weight excluding hydrogens is 440 g/mol. The summed E-state index contributed by atoms with van der Waals surface area (Å²) in [5.41, 5.74) is 3.19. The number of carbonyl (C=O) groups is 2. The highest BCUT2D eigenvalue weighted by Gasteiger charge is 2.33. The Morgan fingerprint density at radius 1 is 1.10 bits per heavy atom. The molecule has 0 radical (unpaired) electrons. The first-order valence-electron chi connectivity index (χ1n) is 9.44. The predicted molar refractivity (Wildman–Crippen MR) is 117 cm³/mol. The first-order chi connectivity index (χ1) is 14.7. The van der Waals surface area contributed by atoms with E-state index in [1.54, 1.807) is 24.3 Å². The summed E-state index contributed by atoms with van der Waals surface area (Å²) >= 11 is 6.06. The molecule has 1 aromatic heterocycles. The fourth-order valence-electron chi connectivity index (χ4n) is 3.30. The number of rotatable bonds is 4. The largest absolute Gasteiger partial charge is 0.344 e. The molecule has 31 heavy (non-hydrogen) atoms. The fraction of sp³-hybridized carbons (Fsp3) is 0.190. The number of nitrogens with one attached hydrogen (secondary N) is 2. The first-order valence-corrected chi connectivity index (χ1v) is 11.6. The van der Waals surface area contributed by atoms with Gasteiger partial charge in [0.05, 0.1) is 22.9 Å². The maximum atomic E-state index is 12.6. The van der Waals surface area contributed by atoms with Crippen LogP contribution in [0.4, 0.5) is 5.82 Å². The third kappa shape index (κ3) is 4.62. The Balaban J connectivity index is 1.57. The number of aryl methyl sites for hydroxylation is 1. The van der Waals surface area contributed by atoms with Crippen molar-refractivity contribution in [2.45, 2.75) is 25.0 Å². The van der Waals surface area contributed by atoms with Gasteiger partial charge in [0, 0.05) is 17.1 Å². The van der Waals surface area contributed by atoms with Crippen LogP contribution in [0.2, 0.25) is 5.02 Å². The summed E-state index contributed by atoms with van der Waals surface area (Å²) in [4.78, 5) is 24.9. The second-order valence-electron chi connectivity index (χ2n) is 7.32. The smallest absolute Gasteiger partial charge is 0.314 e. The van der Waals surface area contributed by atoms with Crippen LogP contribution in [0.25, 0.3) is 5.69 Å². The SMILES string of the molecule is Cc1ccc(CNC(=O)C(=O)Nc2c3c(nn2-c2cccc(Cl)c2)CS(=O)(=O)C3)cc1. The highest BCUT2D eigenvalue weighted by Crippen LogP contribution is 2.33. The lowest BCUT2D eigenvalue weighted by molar-refractivity contribution is -0.136. The zero-order valence-corrected chi connectivity index (χ0v) is 18.1. The van der Waals surface area contributed by atoms with Gasteiger partial charge in [-0.25, -0.2) is 13.1 Å². The van der Waals surface area contributed by atoms with Gasteiger partial charge < -0.3 is 10.6 Å². The van der Waals surface area contributed by atoms with E-state index in [1.807, 2.05) is 31.2 Å². The molecule has 1 aliphatic heterocycles. The third-order valence-electron chi connectivity index (χ3n) is 4.85. The molecular formula is C21H19ClN4O4S. The second-order valence-corrected chi connectivity index (χ2v) is 9.82. The topological polar surface area (TPSA) is 110 Å². The van der Waals surface area contributed by atoms with Crippen molar-refractivity contribution in [2.24, 2.45) is 0 Å². The Morgan fingerprint density at radius 3 is 2.55 bits per heavy atom. The molecule has 0 spiro atoms. The maximum absolute atomic E-state index is 12.6. The van der Waals surface area contributed by atoms with Gasteiger partial charge in [0.2, 0.25) is 0 Å². The van der Waals surface area contributed by atoms with E-state index < -0.39 is 21.7 Å². The predicted octanol–water partition coefficient (Wildman–Crippen LogP) is 2.52. The molecule has 0 aliphatic carbocycles. The molecule has 0 atom stereocenters.